The van der Waals surface area contributed by atoms with Crippen LogP contribution in [0.5, 0.6) is 0 Å². The maximum absolute atomic E-state index is 9.09. The lowest BCUT2D eigenvalue weighted by Gasteiger charge is -2.21. The molecule has 0 atom stereocenters. The van der Waals surface area contributed by atoms with Crippen LogP contribution >= 0.6 is 12.2 Å². The molecule has 0 aliphatic heterocycles. The Bertz CT molecular complexity index is 235. The lowest BCUT2D eigenvalue weighted by atomic mass is 9.95. The van der Waals surface area contributed by atoms with E-state index in [-0.39, 0.29) is 0 Å². The van der Waals surface area contributed by atoms with Crippen LogP contribution in [0, 0.1) is 5.92 Å². The lowest BCUT2D eigenvalue weighted by Crippen LogP contribution is -2.25. The van der Waals surface area contributed by atoms with Gasteiger partial charge in [-0.2, -0.15) is 0 Å². The molecule has 15 heavy (non-hydrogen) atoms. The van der Waals surface area contributed by atoms with Gasteiger partial charge < -0.3 is 16.6 Å². The Hall–Kier alpha value is -0.610. The van der Waals surface area contributed by atoms with Gasteiger partial charge in [-0.25, -0.2) is 0 Å². The van der Waals surface area contributed by atoms with Crippen LogP contribution in [0.3, 0.4) is 0 Å². The van der Waals surface area contributed by atoms with Gasteiger partial charge in [0.05, 0.1) is 11.3 Å². The topological polar surface area (TPSA) is 72.3 Å². The van der Waals surface area contributed by atoms with Crippen molar-refractivity contribution in [2.24, 2.45) is 17.4 Å². The molecule has 0 saturated heterocycles. The predicted molar refractivity (Wildman–Crippen MR) is 70.5 cm³/mol. The number of allylic oxidation sites excluding steroid dienone is 2. The van der Waals surface area contributed by atoms with E-state index in [1.54, 1.807) is 13.8 Å². The third-order valence-corrected chi connectivity index (χ3v) is 2.44. The molecule has 0 fully saturated rings. The zero-order valence-electron chi connectivity index (χ0n) is 10.6. The van der Waals surface area contributed by atoms with E-state index in [9.17, 15) is 0 Å². The van der Waals surface area contributed by atoms with Crippen molar-refractivity contribution in [1.82, 2.24) is 0 Å². The Balaban J connectivity index is 0. The van der Waals surface area contributed by atoms with E-state index in [0.29, 0.717) is 22.2 Å². The first-order chi connectivity index (χ1) is 6.50. The minimum atomic E-state index is -0.500. The maximum atomic E-state index is 9.09. The van der Waals surface area contributed by atoms with Crippen molar-refractivity contribution in [3.05, 3.63) is 11.4 Å². The highest BCUT2D eigenvalue weighted by Gasteiger charge is 2.16. The number of aliphatic hydroxyl groups is 1. The van der Waals surface area contributed by atoms with Gasteiger partial charge in [-0.3, -0.25) is 0 Å². The molecule has 0 rings (SSSR count). The second-order valence-electron chi connectivity index (χ2n) is 4.46. The standard InChI is InChI=1S/C6H14O.C5H10N2S/c1-5(2)6(3,4)7;1-3(6)5(7)4(2)8/h5,7H,1-4H3;6-7H2,1-2H3/b;5-3+. The molecule has 5 N–H and O–H groups in total. The highest BCUT2D eigenvalue weighted by molar-refractivity contribution is 7.80. The van der Waals surface area contributed by atoms with E-state index in [1.807, 2.05) is 27.7 Å². The van der Waals surface area contributed by atoms with Gasteiger partial charge in [0, 0.05) is 10.6 Å². The van der Waals surface area contributed by atoms with Gasteiger partial charge in [0.2, 0.25) is 0 Å². The maximum Gasteiger partial charge on any atom is 0.0640 e. The van der Waals surface area contributed by atoms with Crippen LogP contribution in [0.15, 0.2) is 11.4 Å². The van der Waals surface area contributed by atoms with Crippen LogP contribution in [0.2, 0.25) is 0 Å². The van der Waals surface area contributed by atoms with Gasteiger partial charge in [0.25, 0.3) is 0 Å². The van der Waals surface area contributed by atoms with Crippen LogP contribution in [-0.4, -0.2) is 15.6 Å². The van der Waals surface area contributed by atoms with Gasteiger partial charge in [-0.15, -0.1) is 0 Å². The molecule has 0 bridgehead atoms. The average Bonchev–Trinajstić information content (AvgIpc) is 2.01. The second kappa shape index (κ2) is 6.80. The molecule has 0 aliphatic rings. The van der Waals surface area contributed by atoms with Crippen molar-refractivity contribution in [3.8, 4) is 0 Å². The zero-order chi connectivity index (χ0) is 12.8. The first kappa shape index (κ1) is 16.8. The Labute approximate surface area is 98.5 Å². The summed E-state index contributed by atoms with van der Waals surface area (Å²) < 4.78 is 0. The van der Waals surface area contributed by atoms with Crippen molar-refractivity contribution in [2.45, 2.75) is 47.1 Å². The van der Waals surface area contributed by atoms with E-state index in [0.717, 1.165) is 0 Å². The smallest absolute Gasteiger partial charge is 0.0640 e. The van der Waals surface area contributed by atoms with E-state index < -0.39 is 5.60 Å². The summed E-state index contributed by atoms with van der Waals surface area (Å²) in [6, 6.07) is 0. The molecule has 4 heteroatoms. The van der Waals surface area contributed by atoms with Crippen LogP contribution in [-0.2, 0) is 0 Å². The quantitative estimate of drug-likeness (QED) is 0.502. The lowest BCUT2D eigenvalue weighted by molar-refractivity contribution is 0.0327. The van der Waals surface area contributed by atoms with Crippen molar-refractivity contribution >= 4 is 17.1 Å². The minimum Gasteiger partial charge on any atom is -0.401 e. The molecule has 0 radical (unpaired) electrons. The molecule has 0 unspecified atom stereocenters. The normalized spacial score (nSPS) is 12.8. The molecule has 0 spiro atoms. The van der Waals surface area contributed by atoms with Crippen molar-refractivity contribution in [1.29, 1.82) is 0 Å². The SMILES string of the molecule is CC(=S)/C(N)=C(/C)N.CC(C)C(C)(C)O. The molecular formula is C11H24N2OS. The van der Waals surface area contributed by atoms with E-state index in [2.05, 4.69) is 0 Å². The Kier molecular flexibility index (Phi) is 7.62. The largest absolute Gasteiger partial charge is 0.401 e. The summed E-state index contributed by atoms with van der Waals surface area (Å²) in [6.07, 6.45) is 0. The van der Waals surface area contributed by atoms with Crippen LogP contribution in [0.1, 0.15) is 41.5 Å². The van der Waals surface area contributed by atoms with Crippen LogP contribution in [0.25, 0.3) is 0 Å². The Morgan fingerprint density at radius 3 is 1.47 bits per heavy atom. The van der Waals surface area contributed by atoms with Gasteiger partial charge in [-0.05, 0) is 33.6 Å². The third kappa shape index (κ3) is 9.69. The first-order valence-electron chi connectivity index (χ1n) is 4.95. The highest BCUT2D eigenvalue weighted by atomic mass is 32.1. The molecule has 90 valence electrons. The minimum absolute atomic E-state index is 0.354. The molecule has 0 aromatic carbocycles. The zero-order valence-corrected chi connectivity index (χ0v) is 11.4. The van der Waals surface area contributed by atoms with E-state index in [4.69, 9.17) is 28.8 Å². The summed E-state index contributed by atoms with van der Waals surface area (Å²) in [6.45, 7) is 11.1. The van der Waals surface area contributed by atoms with Crippen molar-refractivity contribution in [3.63, 3.8) is 0 Å². The average molecular weight is 232 g/mol. The van der Waals surface area contributed by atoms with Crippen LogP contribution < -0.4 is 11.5 Å². The van der Waals surface area contributed by atoms with Gasteiger partial charge in [0.15, 0.2) is 0 Å². The summed E-state index contributed by atoms with van der Waals surface area (Å²) in [4.78, 5) is 0.657. The summed E-state index contributed by atoms with van der Waals surface area (Å²) in [7, 11) is 0. The van der Waals surface area contributed by atoms with Gasteiger partial charge >= 0.3 is 0 Å². The van der Waals surface area contributed by atoms with Crippen LogP contribution in [0.4, 0.5) is 0 Å². The summed E-state index contributed by atoms with van der Waals surface area (Å²) in [5, 5.41) is 9.09. The number of nitrogens with two attached hydrogens (primary N) is 2. The Morgan fingerprint density at radius 2 is 1.47 bits per heavy atom. The molecule has 0 aromatic heterocycles. The summed E-state index contributed by atoms with van der Waals surface area (Å²) in [5.41, 5.74) is 11.3. The monoisotopic (exact) mass is 232 g/mol. The number of hydrogen-bond donors (Lipinski definition) is 3. The van der Waals surface area contributed by atoms with Gasteiger partial charge in [-0.1, -0.05) is 26.1 Å². The fourth-order valence-corrected chi connectivity index (χ4v) is 0.439. The van der Waals surface area contributed by atoms with Gasteiger partial charge in [0.1, 0.15) is 0 Å². The number of thiocarbonyl (C=S) groups is 1. The number of hydrogen-bond acceptors (Lipinski definition) is 4. The molecule has 0 amide bonds. The molecule has 0 aliphatic carbocycles. The summed E-state index contributed by atoms with van der Waals surface area (Å²) in [5.74, 6) is 0.354. The summed E-state index contributed by atoms with van der Waals surface area (Å²) >= 11 is 4.73. The fourth-order valence-electron chi connectivity index (χ4n) is 0.278. The fraction of sp³-hybridized carbons (Fsp3) is 0.727. The Morgan fingerprint density at radius 1 is 1.20 bits per heavy atom. The number of rotatable bonds is 2. The molecule has 0 saturated carbocycles. The van der Waals surface area contributed by atoms with E-state index >= 15 is 0 Å². The molecule has 3 nitrogen and oxygen atoms in total. The predicted octanol–water partition coefficient (Wildman–Crippen LogP) is 1.94. The first-order valence-corrected chi connectivity index (χ1v) is 5.36. The van der Waals surface area contributed by atoms with Crippen molar-refractivity contribution in [2.75, 3.05) is 0 Å². The third-order valence-electron chi connectivity index (χ3n) is 2.22. The second-order valence-corrected chi connectivity index (χ2v) is 5.07. The van der Waals surface area contributed by atoms with E-state index in [1.165, 1.54) is 0 Å². The molecule has 0 heterocycles. The highest BCUT2D eigenvalue weighted by Crippen LogP contribution is 2.12. The molecular weight excluding hydrogens is 208 g/mol. The van der Waals surface area contributed by atoms with Crippen molar-refractivity contribution < 1.29 is 5.11 Å². The molecule has 0 aromatic rings.